The molecule has 2 aromatic carbocycles. The molecule has 1 amide bonds. The first kappa shape index (κ1) is 25.4. The summed E-state index contributed by atoms with van der Waals surface area (Å²) in [6.45, 7) is 2.46. The molecule has 2 aliphatic heterocycles. The molecule has 0 aliphatic carbocycles. The highest BCUT2D eigenvalue weighted by atomic mass is 35.5. The van der Waals surface area contributed by atoms with Crippen molar-refractivity contribution in [2.24, 2.45) is 7.05 Å². The van der Waals surface area contributed by atoms with Crippen LogP contribution in [0.1, 0.15) is 27.9 Å². The van der Waals surface area contributed by atoms with Crippen LogP contribution in [-0.2, 0) is 44.3 Å². The zero-order valence-corrected chi connectivity index (χ0v) is 21.7. The summed E-state index contributed by atoms with van der Waals surface area (Å²) in [5.74, 6) is 1.55. The van der Waals surface area contributed by atoms with E-state index in [9.17, 15) is 4.79 Å². The summed E-state index contributed by atoms with van der Waals surface area (Å²) in [5, 5.41) is 5.15. The second-order valence-electron chi connectivity index (χ2n) is 8.98. The molecule has 186 valence electrons. The molecule has 0 N–H and O–H groups in total. The maximum Gasteiger partial charge on any atom is 0.240 e. The largest absolute Gasteiger partial charge is 0.493 e. The van der Waals surface area contributed by atoms with E-state index in [1.165, 1.54) is 16.7 Å². The molecule has 2 aliphatic rings. The molecule has 3 aromatic rings. The minimum absolute atomic E-state index is 0. The fraction of sp³-hybridized carbons (Fsp3) is 0.385. The molecule has 0 radical (unpaired) electrons. The number of amides is 1. The molecular weight excluding hydrogens is 487 g/mol. The lowest BCUT2D eigenvalue weighted by molar-refractivity contribution is -0.139. The zero-order chi connectivity index (χ0) is 23.8. The van der Waals surface area contributed by atoms with Gasteiger partial charge in [0.15, 0.2) is 11.5 Å². The molecule has 0 bridgehead atoms. The van der Waals surface area contributed by atoms with E-state index in [-0.39, 0.29) is 24.4 Å². The highest BCUT2D eigenvalue weighted by Crippen LogP contribution is 2.34. The Kier molecular flexibility index (Phi) is 7.59. The van der Waals surface area contributed by atoms with Crippen LogP contribution in [0.2, 0.25) is 5.02 Å². The summed E-state index contributed by atoms with van der Waals surface area (Å²) in [7, 11) is 5.14. The third-order valence-electron chi connectivity index (χ3n) is 6.87. The lowest BCUT2D eigenvalue weighted by atomic mass is 9.92. The van der Waals surface area contributed by atoms with Crippen LogP contribution < -0.4 is 9.47 Å². The Balaban J connectivity index is 0.00000289. The Bertz CT molecular complexity index is 1230. The number of carbonyl (C=O) groups is 1. The molecule has 0 saturated heterocycles. The van der Waals surface area contributed by atoms with E-state index in [1.807, 2.05) is 30.1 Å². The number of aromatic nitrogens is 2. The number of rotatable bonds is 5. The van der Waals surface area contributed by atoms with Gasteiger partial charge in [0.1, 0.15) is 0 Å². The molecule has 35 heavy (non-hydrogen) atoms. The van der Waals surface area contributed by atoms with Crippen LogP contribution in [0.15, 0.2) is 42.6 Å². The Hall–Kier alpha value is -2.74. The summed E-state index contributed by atoms with van der Waals surface area (Å²) in [5.41, 5.74) is 5.58. The quantitative estimate of drug-likeness (QED) is 0.512. The summed E-state index contributed by atoms with van der Waals surface area (Å²) >= 11 is 6.42. The summed E-state index contributed by atoms with van der Waals surface area (Å²) in [6, 6.07) is 12.1. The molecule has 9 heteroatoms. The summed E-state index contributed by atoms with van der Waals surface area (Å²) in [6.07, 6.45) is 3.26. The zero-order valence-electron chi connectivity index (χ0n) is 20.2. The van der Waals surface area contributed by atoms with Crippen LogP contribution in [0.25, 0.3) is 0 Å². The van der Waals surface area contributed by atoms with Gasteiger partial charge in [-0.25, -0.2) is 0 Å². The van der Waals surface area contributed by atoms with Gasteiger partial charge in [-0.3, -0.25) is 14.4 Å². The molecule has 1 atom stereocenters. The second kappa shape index (κ2) is 10.5. The smallest absolute Gasteiger partial charge is 0.240 e. The van der Waals surface area contributed by atoms with Crippen molar-refractivity contribution in [2.45, 2.75) is 38.5 Å². The number of hydrogen-bond acceptors (Lipinski definition) is 5. The Labute approximate surface area is 217 Å². The monoisotopic (exact) mass is 516 g/mol. The summed E-state index contributed by atoms with van der Waals surface area (Å²) < 4.78 is 12.7. The predicted molar refractivity (Wildman–Crippen MR) is 137 cm³/mol. The second-order valence-corrected chi connectivity index (χ2v) is 9.38. The maximum atomic E-state index is 13.9. The number of halogens is 2. The number of methoxy groups -OCH3 is 2. The van der Waals surface area contributed by atoms with Crippen LogP contribution in [0, 0.1) is 0 Å². The number of carbonyl (C=O) groups excluding carboxylic acids is 1. The van der Waals surface area contributed by atoms with Crippen LogP contribution >= 0.6 is 24.0 Å². The van der Waals surface area contributed by atoms with Gasteiger partial charge in [0, 0.05) is 39.4 Å². The van der Waals surface area contributed by atoms with Crippen molar-refractivity contribution in [1.82, 2.24) is 19.6 Å². The van der Waals surface area contributed by atoms with Gasteiger partial charge in [0.05, 0.1) is 31.0 Å². The first-order valence-electron chi connectivity index (χ1n) is 11.5. The molecule has 7 nitrogen and oxygen atoms in total. The minimum Gasteiger partial charge on any atom is -0.493 e. The van der Waals surface area contributed by atoms with E-state index >= 15 is 0 Å². The van der Waals surface area contributed by atoms with Gasteiger partial charge in [0.2, 0.25) is 5.91 Å². The van der Waals surface area contributed by atoms with Crippen molar-refractivity contribution in [3.8, 4) is 11.5 Å². The van der Waals surface area contributed by atoms with Crippen LogP contribution in [0.5, 0.6) is 11.5 Å². The molecule has 5 rings (SSSR count). The topological polar surface area (TPSA) is 59.8 Å². The first-order chi connectivity index (χ1) is 16.5. The van der Waals surface area contributed by atoms with Gasteiger partial charge >= 0.3 is 0 Å². The predicted octanol–water partition coefficient (Wildman–Crippen LogP) is 4.02. The fourth-order valence-corrected chi connectivity index (χ4v) is 5.31. The normalized spacial score (nSPS) is 17.3. The highest BCUT2D eigenvalue weighted by molar-refractivity contribution is 6.31. The number of nitrogens with zero attached hydrogens (tertiary/aromatic N) is 4. The van der Waals surface area contributed by atoms with Crippen LogP contribution in [0.4, 0.5) is 0 Å². The Morgan fingerprint density at radius 1 is 1.06 bits per heavy atom. The fourth-order valence-electron chi connectivity index (χ4n) is 5.07. The number of ether oxygens (including phenoxy) is 2. The molecule has 0 spiro atoms. The minimum atomic E-state index is -0.269. The third-order valence-corrected chi connectivity index (χ3v) is 7.18. The molecule has 1 aromatic heterocycles. The third kappa shape index (κ3) is 4.99. The van der Waals surface area contributed by atoms with Crippen molar-refractivity contribution in [3.63, 3.8) is 0 Å². The number of aryl methyl sites for hydroxylation is 1. The Morgan fingerprint density at radius 3 is 2.40 bits per heavy atom. The van der Waals surface area contributed by atoms with Crippen LogP contribution in [0.3, 0.4) is 0 Å². The standard InChI is InChI=1S/C26H29ClN4O3.ClH/c1-29-15-21(27)22(28-29)16-31-13-19-7-5-4-6-17(19)10-23(31)26(32)30-9-8-18-11-24(33-2)25(34-3)12-20(18)14-30;/h4-7,11-12,15,23H,8-10,13-14,16H2,1-3H3;1H. The molecule has 1 unspecified atom stereocenters. The SMILES string of the molecule is COc1cc2c(cc1OC)CN(C(=O)C1Cc3ccccc3CN1Cc1nn(C)cc1Cl)CC2.Cl. The first-order valence-corrected chi connectivity index (χ1v) is 11.9. The van der Waals surface area contributed by atoms with E-state index in [4.69, 9.17) is 21.1 Å². The van der Waals surface area contributed by atoms with Gasteiger partial charge in [-0.15, -0.1) is 12.4 Å². The molecule has 0 saturated carbocycles. The average Bonchev–Trinajstić information content (AvgIpc) is 3.17. The highest BCUT2D eigenvalue weighted by Gasteiger charge is 2.36. The van der Waals surface area contributed by atoms with Crippen molar-refractivity contribution < 1.29 is 14.3 Å². The van der Waals surface area contributed by atoms with Gasteiger partial charge in [-0.1, -0.05) is 35.9 Å². The van der Waals surface area contributed by atoms with Crippen molar-refractivity contribution in [1.29, 1.82) is 0 Å². The lowest BCUT2D eigenvalue weighted by Gasteiger charge is -2.39. The number of benzene rings is 2. The van der Waals surface area contributed by atoms with Gasteiger partial charge in [-0.2, -0.15) is 5.10 Å². The average molecular weight is 517 g/mol. The van der Waals surface area contributed by atoms with E-state index in [0.717, 1.165) is 23.4 Å². The maximum absolute atomic E-state index is 13.9. The molecule has 0 fully saturated rings. The van der Waals surface area contributed by atoms with Crippen molar-refractivity contribution in [2.75, 3.05) is 20.8 Å². The van der Waals surface area contributed by atoms with E-state index in [0.29, 0.717) is 43.4 Å². The van der Waals surface area contributed by atoms with Gasteiger partial charge in [0.25, 0.3) is 0 Å². The van der Waals surface area contributed by atoms with E-state index in [2.05, 4.69) is 28.2 Å². The lowest BCUT2D eigenvalue weighted by Crippen LogP contribution is -2.52. The van der Waals surface area contributed by atoms with Crippen molar-refractivity contribution in [3.05, 3.63) is 75.6 Å². The van der Waals surface area contributed by atoms with Gasteiger partial charge < -0.3 is 14.4 Å². The number of hydrogen-bond donors (Lipinski definition) is 0. The van der Waals surface area contributed by atoms with Gasteiger partial charge in [-0.05, 0) is 47.2 Å². The van der Waals surface area contributed by atoms with Crippen LogP contribution in [-0.4, -0.2) is 52.3 Å². The molecular formula is C26H30Cl2N4O3. The summed E-state index contributed by atoms with van der Waals surface area (Å²) in [4.78, 5) is 18.1. The Morgan fingerprint density at radius 2 is 1.74 bits per heavy atom. The number of fused-ring (bicyclic) bond motifs is 2. The van der Waals surface area contributed by atoms with Crippen molar-refractivity contribution >= 4 is 29.9 Å². The van der Waals surface area contributed by atoms with E-state index in [1.54, 1.807) is 25.1 Å². The van der Waals surface area contributed by atoms with E-state index < -0.39 is 0 Å². The molecule has 3 heterocycles.